The number of rotatable bonds is 2. The van der Waals surface area contributed by atoms with Crippen molar-refractivity contribution in [1.29, 1.82) is 0 Å². The molecule has 1 heterocycles. The van der Waals surface area contributed by atoms with Gasteiger partial charge >= 0.3 is 0 Å². The summed E-state index contributed by atoms with van der Waals surface area (Å²) in [6.07, 6.45) is 1.13. The molecule has 1 fully saturated rings. The molecule has 0 saturated carbocycles. The normalized spacial score (nSPS) is 14.9. The minimum absolute atomic E-state index is 0.711. The lowest BCUT2D eigenvalue weighted by Gasteiger charge is -2.19. The molecule has 0 unspecified atom stereocenters. The van der Waals surface area contributed by atoms with Crippen LogP contribution in [0.3, 0.4) is 0 Å². The van der Waals surface area contributed by atoms with Gasteiger partial charge in [0.2, 0.25) is 0 Å². The highest BCUT2D eigenvalue weighted by molar-refractivity contribution is 7.80. The number of methoxy groups -OCH3 is 1. The Morgan fingerprint density at radius 1 is 1.44 bits per heavy atom. The summed E-state index contributed by atoms with van der Waals surface area (Å²) in [4.78, 5) is 0. The van der Waals surface area contributed by atoms with E-state index in [2.05, 4.69) is 10.7 Å². The van der Waals surface area contributed by atoms with Crippen LogP contribution in [-0.2, 0) is 0 Å². The van der Waals surface area contributed by atoms with E-state index >= 15 is 0 Å². The number of nitrogens with zero attached hydrogens (tertiary/aromatic N) is 1. The number of hydrogen-bond acceptors (Lipinski definition) is 3. The van der Waals surface area contributed by atoms with E-state index in [-0.39, 0.29) is 0 Å². The smallest absolute Gasteiger partial charge is 0.187 e. The van der Waals surface area contributed by atoms with Gasteiger partial charge in [-0.15, -0.1) is 0 Å². The van der Waals surface area contributed by atoms with Crippen LogP contribution in [0.15, 0.2) is 24.3 Å². The van der Waals surface area contributed by atoms with Gasteiger partial charge in [-0.25, -0.2) is 5.43 Å². The lowest BCUT2D eigenvalue weighted by molar-refractivity contribution is 0.410. The molecular formula is C11H15N3OS. The minimum Gasteiger partial charge on any atom is -0.497 e. The molecule has 0 radical (unpaired) electrons. The Balaban J connectivity index is 1.94. The largest absolute Gasteiger partial charge is 0.497 e. The molecule has 1 aliphatic rings. The van der Waals surface area contributed by atoms with E-state index in [1.807, 2.05) is 29.3 Å². The van der Waals surface area contributed by atoms with Gasteiger partial charge < -0.3 is 10.1 Å². The van der Waals surface area contributed by atoms with Crippen molar-refractivity contribution in [2.24, 2.45) is 0 Å². The van der Waals surface area contributed by atoms with E-state index in [1.54, 1.807) is 7.11 Å². The fourth-order valence-corrected chi connectivity index (χ4v) is 1.84. The summed E-state index contributed by atoms with van der Waals surface area (Å²) in [5.41, 5.74) is 4.18. The Morgan fingerprint density at radius 3 is 2.75 bits per heavy atom. The van der Waals surface area contributed by atoms with Crippen LogP contribution in [0.25, 0.3) is 0 Å². The number of nitrogens with one attached hydrogen (secondary N) is 2. The first kappa shape index (κ1) is 11.2. The SMILES string of the molecule is COc1ccc(NC(=S)N2CCCN2)cc1. The van der Waals surface area contributed by atoms with E-state index in [0.29, 0.717) is 5.11 Å². The van der Waals surface area contributed by atoms with Crippen molar-refractivity contribution >= 4 is 23.0 Å². The van der Waals surface area contributed by atoms with Gasteiger partial charge in [0.15, 0.2) is 5.11 Å². The Labute approximate surface area is 101 Å². The molecule has 1 saturated heterocycles. The zero-order valence-electron chi connectivity index (χ0n) is 9.19. The molecule has 0 aromatic heterocycles. The highest BCUT2D eigenvalue weighted by Crippen LogP contribution is 2.15. The number of thiocarbonyl (C=S) groups is 1. The molecule has 1 aromatic carbocycles. The fourth-order valence-electron chi connectivity index (χ4n) is 1.57. The predicted octanol–water partition coefficient (Wildman–Crippen LogP) is 1.60. The quantitative estimate of drug-likeness (QED) is 0.764. The molecule has 4 nitrogen and oxygen atoms in total. The van der Waals surface area contributed by atoms with Crippen LogP contribution in [0, 0.1) is 0 Å². The average molecular weight is 237 g/mol. The maximum Gasteiger partial charge on any atom is 0.187 e. The second kappa shape index (κ2) is 5.14. The molecular weight excluding hydrogens is 222 g/mol. The molecule has 2 rings (SSSR count). The van der Waals surface area contributed by atoms with Gasteiger partial charge in [0.1, 0.15) is 5.75 Å². The summed E-state index contributed by atoms with van der Waals surface area (Å²) in [6, 6.07) is 7.70. The van der Waals surface area contributed by atoms with Crippen molar-refractivity contribution in [3.05, 3.63) is 24.3 Å². The number of ether oxygens (including phenoxy) is 1. The number of hydrogen-bond donors (Lipinski definition) is 2. The van der Waals surface area contributed by atoms with Gasteiger partial charge in [0, 0.05) is 18.8 Å². The highest BCUT2D eigenvalue weighted by atomic mass is 32.1. The van der Waals surface area contributed by atoms with Crippen molar-refractivity contribution in [2.75, 3.05) is 25.5 Å². The lowest BCUT2D eigenvalue weighted by Crippen LogP contribution is -2.39. The summed E-state index contributed by atoms with van der Waals surface area (Å²) in [5, 5.41) is 5.84. The van der Waals surface area contributed by atoms with Crippen molar-refractivity contribution in [3.8, 4) is 5.75 Å². The summed E-state index contributed by atoms with van der Waals surface area (Å²) >= 11 is 5.28. The number of hydrazine groups is 1. The first-order valence-electron chi connectivity index (χ1n) is 5.25. The molecule has 0 atom stereocenters. The van der Waals surface area contributed by atoms with Crippen LogP contribution in [0.5, 0.6) is 5.75 Å². The standard InChI is InChI=1S/C11H15N3OS/c1-15-10-5-3-9(4-6-10)13-11(16)14-8-2-7-12-14/h3-6,12H,2,7-8H2,1H3,(H,13,16). The monoisotopic (exact) mass is 237 g/mol. The first-order chi connectivity index (χ1) is 7.79. The van der Waals surface area contributed by atoms with Crippen LogP contribution in [0.4, 0.5) is 5.69 Å². The zero-order valence-corrected chi connectivity index (χ0v) is 10.0. The molecule has 5 heteroatoms. The maximum absolute atomic E-state index is 5.28. The topological polar surface area (TPSA) is 36.5 Å². The van der Waals surface area contributed by atoms with E-state index in [9.17, 15) is 0 Å². The van der Waals surface area contributed by atoms with Gasteiger partial charge in [-0.2, -0.15) is 0 Å². The van der Waals surface area contributed by atoms with Crippen molar-refractivity contribution in [2.45, 2.75) is 6.42 Å². The Kier molecular flexibility index (Phi) is 3.58. The Bertz CT molecular complexity index is 360. The molecule has 0 spiro atoms. The Hall–Kier alpha value is -1.33. The van der Waals surface area contributed by atoms with Crippen molar-refractivity contribution in [3.63, 3.8) is 0 Å². The molecule has 1 aliphatic heterocycles. The van der Waals surface area contributed by atoms with Gasteiger partial charge in [0.05, 0.1) is 7.11 Å². The third-order valence-corrected chi connectivity index (χ3v) is 2.77. The maximum atomic E-state index is 5.28. The summed E-state index contributed by atoms with van der Waals surface area (Å²) in [5.74, 6) is 0.843. The summed E-state index contributed by atoms with van der Waals surface area (Å²) in [6.45, 7) is 1.95. The lowest BCUT2D eigenvalue weighted by atomic mass is 10.3. The van der Waals surface area contributed by atoms with E-state index in [4.69, 9.17) is 17.0 Å². The molecule has 1 aromatic rings. The second-order valence-corrected chi connectivity index (χ2v) is 3.96. The Morgan fingerprint density at radius 2 is 2.19 bits per heavy atom. The summed E-state index contributed by atoms with van der Waals surface area (Å²) in [7, 11) is 1.65. The van der Waals surface area contributed by atoms with Crippen LogP contribution >= 0.6 is 12.2 Å². The average Bonchev–Trinajstić information content (AvgIpc) is 2.83. The van der Waals surface area contributed by atoms with Crippen LogP contribution < -0.4 is 15.5 Å². The van der Waals surface area contributed by atoms with Gasteiger partial charge in [-0.3, -0.25) is 5.01 Å². The fraction of sp³-hybridized carbons (Fsp3) is 0.364. The van der Waals surface area contributed by atoms with Crippen LogP contribution in [-0.4, -0.2) is 30.3 Å². The third-order valence-electron chi connectivity index (χ3n) is 2.45. The number of anilines is 1. The van der Waals surface area contributed by atoms with E-state index < -0.39 is 0 Å². The molecule has 86 valence electrons. The summed E-state index contributed by atoms with van der Waals surface area (Å²) < 4.78 is 5.09. The number of benzene rings is 1. The third kappa shape index (κ3) is 2.62. The molecule has 0 bridgehead atoms. The zero-order chi connectivity index (χ0) is 11.4. The minimum atomic E-state index is 0.711. The van der Waals surface area contributed by atoms with Crippen molar-refractivity contribution < 1.29 is 4.74 Å². The second-order valence-electron chi connectivity index (χ2n) is 3.57. The molecule has 0 aliphatic carbocycles. The molecule has 16 heavy (non-hydrogen) atoms. The van der Waals surface area contributed by atoms with Crippen LogP contribution in [0.1, 0.15) is 6.42 Å². The van der Waals surface area contributed by atoms with E-state index in [0.717, 1.165) is 30.9 Å². The predicted molar refractivity (Wildman–Crippen MR) is 68.5 cm³/mol. The highest BCUT2D eigenvalue weighted by Gasteiger charge is 2.13. The van der Waals surface area contributed by atoms with Gasteiger partial charge in [-0.1, -0.05) is 0 Å². The molecule has 2 N–H and O–H groups in total. The first-order valence-corrected chi connectivity index (χ1v) is 5.66. The van der Waals surface area contributed by atoms with E-state index in [1.165, 1.54) is 0 Å². The van der Waals surface area contributed by atoms with Crippen molar-refractivity contribution in [1.82, 2.24) is 10.4 Å². The van der Waals surface area contributed by atoms with Crippen LogP contribution in [0.2, 0.25) is 0 Å². The van der Waals surface area contributed by atoms with Gasteiger partial charge in [0.25, 0.3) is 0 Å². The van der Waals surface area contributed by atoms with Gasteiger partial charge in [-0.05, 0) is 42.9 Å². The molecule has 0 amide bonds.